The lowest BCUT2D eigenvalue weighted by atomic mass is 10.1. The SMILES string of the molecule is O=C(O)[C@@H](NS(=O)(=O)c1cc(Br)sc1Br)c1ccccc1. The molecule has 1 heterocycles. The molecule has 0 aliphatic rings. The van der Waals surface area contributed by atoms with Crippen LogP contribution < -0.4 is 4.72 Å². The van der Waals surface area contributed by atoms with Gasteiger partial charge in [-0.15, -0.1) is 11.3 Å². The molecule has 0 aliphatic carbocycles. The van der Waals surface area contributed by atoms with Crippen LogP contribution in [0.15, 0.2) is 48.9 Å². The molecule has 0 aliphatic heterocycles. The van der Waals surface area contributed by atoms with E-state index in [9.17, 15) is 18.3 Å². The normalized spacial score (nSPS) is 13.0. The number of nitrogens with one attached hydrogen (secondary N) is 1. The highest BCUT2D eigenvalue weighted by Gasteiger charge is 2.29. The maximum atomic E-state index is 12.3. The van der Waals surface area contributed by atoms with Crippen molar-refractivity contribution < 1.29 is 18.3 Å². The van der Waals surface area contributed by atoms with E-state index in [1.807, 2.05) is 0 Å². The van der Waals surface area contributed by atoms with Gasteiger partial charge in [-0.25, -0.2) is 8.42 Å². The van der Waals surface area contributed by atoms with Gasteiger partial charge in [-0.1, -0.05) is 30.3 Å². The van der Waals surface area contributed by atoms with Gasteiger partial charge in [-0.2, -0.15) is 4.72 Å². The summed E-state index contributed by atoms with van der Waals surface area (Å²) in [5, 5.41) is 9.27. The van der Waals surface area contributed by atoms with E-state index in [-0.39, 0.29) is 4.90 Å². The summed E-state index contributed by atoms with van der Waals surface area (Å²) in [6, 6.07) is 8.21. The number of carbonyl (C=O) groups is 1. The van der Waals surface area contributed by atoms with Crippen molar-refractivity contribution in [2.45, 2.75) is 10.9 Å². The van der Waals surface area contributed by atoms with Gasteiger partial charge in [-0.3, -0.25) is 4.79 Å². The molecule has 21 heavy (non-hydrogen) atoms. The highest BCUT2D eigenvalue weighted by atomic mass is 79.9. The largest absolute Gasteiger partial charge is 0.480 e. The fourth-order valence-electron chi connectivity index (χ4n) is 1.63. The van der Waals surface area contributed by atoms with E-state index in [2.05, 4.69) is 36.6 Å². The summed E-state index contributed by atoms with van der Waals surface area (Å²) in [5.41, 5.74) is 0.360. The molecule has 0 saturated carbocycles. The van der Waals surface area contributed by atoms with Crippen LogP contribution >= 0.6 is 43.2 Å². The van der Waals surface area contributed by atoms with Gasteiger partial charge in [0.25, 0.3) is 0 Å². The molecule has 0 saturated heterocycles. The minimum Gasteiger partial charge on any atom is -0.480 e. The Labute approximate surface area is 142 Å². The van der Waals surface area contributed by atoms with Crippen molar-refractivity contribution in [1.82, 2.24) is 4.72 Å². The molecule has 1 aromatic carbocycles. The summed E-state index contributed by atoms with van der Waals surface area (Å²) >= 11 is 7.55. The van der Waals surface area contributed by atoms with E-state index < -0.39 is 22.0 Å². The number of aliphatic carboxylic acids is 1. The van der Waals surface area contributed by atoms with Crippen LogP contribution in [0, 0.1) is 0 Å². The highest BCUT2D eigenvalue weighted by Crippen LogP contribution is 2.35. The van der Waals surface area contributed by atoms with Crippen LogP contribution in [0.1, 0.15) is 11.6 Å². The molecule has 0 fully saturated rings. The van der Waals surface area contributed by atoms with Crippen LogP contribution in [0.25, 0.3) is 0 Å². The van der Waals surface area contributed by atoms with Gasteiger partial charge in [0.05, 0.1) is 7.57 Å². The standard InChI is InChI=1S/C12H9Br2NO4S2/c13-9-6-8(11(14)20-9)21(18,19)15-10(12(16)17)7-4-2-1-3-5-7/h1-6,10,15H,(H,16,17)/t10-/m0/s1. The molecule has 2 rings (SSSR count). The van der Waals surface area contributed by atoms with Crippen molar-refractivity contribution in [3.63, 3.8) is 0 Å². The quantitative estimate of drug-likeness (QED) is 0.725. The lowest BCUT2D eigenvalue weighted by molar-refractivity contribution is -0.139. The van der Waals surface area contributed by atoms with Crippen LogP contribution in [0.3, 0.4) is 0 Å². The van der Waals surface area contributed by atoms with Gasteiger partial charge in [0.2, 0.25) is 10.0 Å². The van der Waals surface area contributed by atoms with Gasteiger partial charge in [0.1, 0.15) is 10.9 Å². The fraction of sp³-hybridized carbons (Fsp3) is 0.0833. The zero-order valence-electron chi connectivity index (χ0n) is 10.3. The van der Waals surface area contributed by atoms with Gasteiger partial charge in [-0.05, 0) is 43.5 Å². The Morgan fingerprint density at radius 3 is 2.33 bits per heavy atom. The van der Waals surface area contributed by atoms with E-state index in [1.54, 1.807) is 30.3 Å². The molecule has 5 nitrogen and oxygen atoms in total. The Balaban J connectivity index is 2.37. The summed E-state index contributed by atoms with van der Waals surface area (Å²) in [7, 11) is -3.96. The summed E-state index contributed by atoms with van der Waals surface area (Å²) < 4.78 is 27.9. The molecule has 0 bridgehead atoms. The van der Waals surface area contributed by atoms with E-state index in [0.717, 1.165) is 0 Å². The maximum Gasteiger partial charge on any atom is 0.326 e. The number of sulfonamides is 1. The first-order valence-corrected chi connectivity index (χ1v) is 9.45. The lowest BCUT2D eigenvalue weighted by Crippen LogP contribution is -2.33. The van der Waals surface area contributed by atoms with Gasteiger partial charge in [0, 0.05) is 0 Å². The number of rotatable bonds is 5. The molecule has 2 N–H and O–H groups in total. The number of carboxylic acids is 1. The van der Waals surface area contributed by atoms with E-state index >= 15 is 0 Å². The smallest absolute Gasteiger partial charge is 0.326 e. The molecule has 0 spiro atoms. The van der Waals surface area contributed by atoms with Crippen LogP contribution in [0.2, 0.25) is 0 Å². The Kier molecular flexibility index (Phi) is 5.20. The van der Waals surface area contributed by atoms with Gasteiger partial charge >= 0.3 is 5.97 Å². The zero-order valence-corrected chi connectivity index (χ0v) is 15.1. The Morgan fingerprint density at radius 2 is 1.86 bits per heavy atom. The second-order valence-electron chi connectivity index (χ2n) is 3.99. The average Bonchev–Trinajstić information content (AvgIpc) is 2.77. The predicted octanol–water partition coefficient (Wildman–Crippen LogP) is 3.38. The third-order valence-corrected chi connectivity index (χ3v) is 6.75. The Hall–Kier alpha value is -0.740. The second-order valence-corrected chi connectivity index (χ2v) is 9.42. The molecule has 0 radical (unpaired) electrons. The first-order valence-electron chi connectivity index (χ1n) is 5.56. The zero-order chi connectivity index (χ0) is 15.6. The van der Waals surface area contributed by atoms with Crippen LogP contribution in [0.4, 0.5) is 0 Å². The minimum atomic E-state index is -3.96. The third kappa shape index (κ3) is 3.92. The summed E-state index contributed by atoms with van der Waals surface area (Å²) in [6.07, 6.45) is 0. The number of halogens is 2. The monoisotopic (exact) mass is 453 g/mol. The van der Waals surface area contributed by atoms with Crippen LogP contribution in [0.5, 0.6) is 0 Å². The summed E-state index contributed by atoms with van der Waals surface area (Å²) in [6.45, 7) is 0. The Morgan fingerprint density at radius 1 is 1.24 bits per heavy atom. The second kappa shape index (κ2) is 6.57. The Bertz CT molecular complexity index is 759. The molecule has 1 aromatic heterocycles. The van der Waals surface area contributed by atoms with Gasteiger partial charge in [0.15, 0.2) is 0 Å². The van der Waals surface area contributed by atoms with Crippen molar-refractivity contribution in [2.75, 3.05) is 0 Å². The number of benzene rings is 1. The molecule has 9 heteroatoms. The average molecular weight is 455 g/mol. The van der Waals surface area contributed by atoms with E-state index in [1.165, 1.54) is 17.4 Å². The summed E-state index contributed by atoms with van der Waals surface area (Å²) in [5.74, 6) is -1.27. The fourth-order valence-corrected chi connectivity index (χ4v) is 6.62. The molecular formula is C12H9Br2NO4S2. The third-order valence-electron chi connectivity index (χ3n) is 2.57. The number of hydrogen-bond acceptors (Lipinski definition) is 4. The molecular weight excluding hydrogens is 446 g/mol. The lowest BCUT2D eigenvalue weighted by Gasteiger charge is -2.14. The van der Waals surface area contributed by atoms with Crippen molar-refractivity contribution in [1.29, 1.82) is 0 Å². The van der Waals surface area contributed by atoms with Crippen molar-refractivity contribution >= 4 is 59.2 Å². The summed E-state index contributed by atoms with van der Waals surface area (Å²) in [4.78, 5) is 11.4. The number of carboxylic acid groups (broad SMARTS) is 1. The molecule has 1 atom stereocenters. The maximum absolute atomic E-state index is 12.3. The van der Waals surface area contributed by atoms with E-state index in [0.29, 0.717) is 13.1 Å². The number of hydrogen-bond donors (Lipinski definition) is 2. The van der Waals surface area contributed by atoms with Crippen molar-refractivity contribution in [2.24, 2.45) is 0 Å². The van der Waals surface area contributed by atoms with Crippen LogP contribution in [-0.2, 0) is 14.8 Å². The van der Waals surface area contributed by atoms with Crippen molar-refractivity contribution in [3.05, 3.63) is 49.5 Å². The predicted molar refractivity (Wildman–Crippen MR) is 86.9 cm³/mol. The molecule has 2 aromatic rings. The van der Waals surface area contributed by atoms with Crippen molar-refractivity contribution in [3.8, 4) is 0 Å². The van der Waals surface area contributed by atoms with Crippen LogP contribution in [-0.4, -0.2) is 19.5 Å². The first-order chi connectivity index (χ1) is 9.81. The van der Waals surface area contributed by atoms with E-state index in [4.69, 9.17) is 0 Å². The first kappa shape index (κ1) is 16.6. The minimum absolute atomic E-state index is 0.00144. The number of thiophene rings is 1. The molecule has 112 valence electrons. The highest BCUT2D eigenvalue weighted by molar-refractivity contribution is 9.12. The van der Waals surface area contributed by atoms with Gasteiger partial charge < -0.3 is 5.11 Å². The topological polar surface area (TPSA) is 83.5 Å². The molecule has 0 unspecified atom stereocenters. The molecule has 0 amide bonds.